The molecule has 11 heteroatoms. The molecule has 1 aliphatic rings. The Hall–Kier alpha value is -1.65. The summed E-state index contributed by atoms with van der Waals surface area (Å²) in [5, 5.41) is 3.23. The number of aromatic nitrogens is 2. The normalized spacial score (nSPS) is 18.0. The largest absolute Gasteiger partial charge is 0.465 e. The van der Waals surface area contributed by atoms with Gasteiger partial charge in [-0.2, -0.15) is 4.31 Å². The minimum Gasteiger partial charge on any atom is -0.465 e. The summed E-state index contributed by atoms with van der Waals surface area (Å²) in [5.74, 6) is 0.0325. The van der Waals surface area contributed by atoms with Crippen LogP contribution in [-0.2, 0) is 21.8 Å². The van der Waals surface area contributed by atoms with Gasteiger partial charge >= 0.3 is 5.97 Å². The van der Waals surface area contributed by atoms with E-state index in [1.165, 1.54) is 29.6 Å². The molecule has 1 aliphatic heterocycles. The summed E-state index contributed by atoms with van der Waals surface area (Å²) >= 11 is 6.10. The average molecular weight is 435 g/mol. The molecule has 1 fully saturated rings. The lowest BCUT2D eigenvalue weighted by molar-refractivity contribution is 0.0601. The van der Waals surface area contributed by atoms with Gasteiger partial charge in [-0.15, -0.1) is 12.4 Å². The first kappa shape index (κ1) is 21.6. The summed E-state index contributed by atoms with van der Waals surface area (Å²) in [6.45, 7) is 1.29. The summed E-state index contributed by atoms with van der Waals surface area (Å²) in [7, 11) is -0.761. The van der Waals surface area contributed by atoms with E-state index in [1.54, 1.807) is 17.0 Å². The van der Waals surface area contributed by atoms with E-state index >= 15 is 0 Å². The van der Waals surface area contributed by atoms with Gasteiger partial charge in [0.1, 0.15) is 5.82 Å². The van der Waals surface area contributed by atoms with Crippen molar-refractivity contribution in [1.82, 2.24) is 19.2 Å². The summed E-state index contributed by atoms with van der Waals surface area (Å²) in [6.07, 6.45) is 3.41. The number of carbonyl (C=O) groups excluding carboxylic acids is 1. The zero-order valence-corrected chi connectivity index (χ0v) is 17.1. The molecule has 1 unspecified atom stereocenters. The molecule has 0 aliphatic carbocycles. The fourth-order valence-corrected chi connectivity index (χ4v) is 4.89. The van der Waals surface area contributed by atoms with Crippen LogP contribution in [0.25, 0.3) is 0 Å². The first-order chi connectivity index (χ1) is 12.4. The molecule has 0 bridgehead atoms. The molecule has 0 amide bonds. The van der Waals surface area contributed by atoms with E-state index in [1.807, 2.05) is 7.05 Å². The summed E-state index contributed by atoms with van der Waals surface area (Å²) in [6, 6.07) is 3.57. The number of imidazole rings is 1. The average Bonchev–Trinajstić information content (AvgIpc) is 3.06. The number of aryl methyl sites for hydroxylation is 1. The van der Waals surface area contributed by atoms with E-state index < -0.39 is 22.0 Å². The molecule has 27 heavy (non-hydrogen) atoms. The van der Waals surface area contributed by atoms with Crippen LogP contribution < -0.4 is 5.32 Å². The van der Waals surface area contributed by atoms with E-state index in [4.69, 9.17) is 11.6 Å². The van der Waals surface area contributed by atoms with Crippen LogP contribution in [-0.4, -0.2) is 55.0 Å². The zero-order chi connectivity index (χ0) is 18.9. The van der Waals surface area contributed by atoms with Gasteiger partial charge in [0, 0.05) is 39.1 Å². The summed E-state index contributed by atoms with van der Waals surface area (Å²) < 4.78 is 34.2. The molecule has 1 N–H and O–H groups in total. The van der Waals surface area contributed by atoms with Gasteiger partial charge in [0.2, 0.25) is 10.0 Å². The van der Waals surface area contributed by atoms with E-state index in [-0.39, 0.29) is 27.9 Å². The maximum Gasteiger partial charge on any atom is 0.339 e. The van der Waals surface area contributed by atoms with Crippen molar-refractivity contribution in [3.05, 3.63) is 47.0 Å². The number of carbonyl (C=O) groups is 1. The lowest BCUT2D eigenvalue weighted by atomic mass is 10.2. The molecule has 148 valence electrons. The van der Waals surface area contributed by atoms with E-state index in [0.717, 1.165) is 0 Å². The highest BCUT2D eigenvalue weighted by Gasteiger charge is 2.36. The van der Waals surface area contributed by atoms with E-state index in [9.17, 15) is 13.2 Å². The summed E-state index contributed by atoms with van der Waals surface area (Å²) in [4.78, 5) is 16.0. The molecule has 1 aromatic carbocycles. The van der Waals surface area contributed by atoms with Gasteiger partial charge in [0.25, 0.3) is 0 Å². The van der Waals surface area contributed by atoms with Crippen molar-refractivity contribution < 1.29 is 17.9 Å². The number of benzene rings is 1. The number of nitrogens with zero attached hydrogens (tertiary/aromatic N) is 3. The Morgan fingerprint density at radius 2 is 2.15 bits per heavy atom. The van der Waals surface area contributed by atoms with Crippen molar-refractivity contribution in [3.8, 4) is 0 Å². The maximum absolute atomic E-state index is 13.2. The molecule has 0 spiro atoms. The number of ether oxygens (including phenoxy) is 1. The number of rotatable bonds is 4. The van der Waals surface area contributed by atoms with Crippen molar-refractivity contribution in [3.63, 3.8) is 0 Å². The predicted octanol–water partition coefficient (Wildman–Crippen LogP) is 1.62. The molecule has 2 aromatic rings. The number of piperazine rings is 1. The van der Waals surface area contributed by atoms with Crippen molar-refractivity contribution >= 4 is 40.0 Å². The number of nitrogens with one attached hydrogen (secondary N) is 1. The second kappa shape index (κ2) is 8.57. The van der Waals surface area contributed by atoms with Gasteiger partial charge in [-0.25, -0.2) is 18.2 Å². The first-order valence-corrected chi connectivity index (χ1v) is 9.75. The highest BCUT2D eigenvalue weighted by atomic mass is 35.5. The topological polar surface area (TPSA) is 93.5 Å². The Balaban J connectivity index is 0.00000261. The predicted molar refractivity (Wildman–Crippen MR) is 103 cm³/mol. The number of sulfonamides is 1. The number of esters is 1. The van der Waals surface area contributed by atoms with Gasteiger partial charge in [0.05, 0.1) is 28.6 Å². The molecule has 1 atom stereocenters. The van der Waals surface area contributed by atoms with Crippen LogP contribution in [0.4, 0.5) is 0 Å². The van der Waals surface area contributed by atoms with Crippen LogP contribution in [0.2, 0.25) is 5.02 Å². The van der Waals surface area contributed by atoms with Gasteiger partial charge in [-0.1, -0.05) is 11.6 Å². The van der Waals surface area contributed by atoms with E-state index in [2.05, 4.69) is 15.0 Å². The molecule has 2 heterocycles. The lowest BCUT2D eigenvalue weighted by Gasteiger charge is -2.34. The second-order valence-corrected chi connectivity index (χ2v) is 8.16. The van der Waals surface area contributed by atoms with Crippen molar-refractivity contribution in [2.75, 3.05) is 26.7 Å². The molecule has 0 saturated carbocycles. The molecule has 8 nitrogen and oxygen atoms in total. The fourth-order valence-electron chi connectivity index (χ4n) is 2.96. The van der Waals surface area contributed by atoms with Crippen LogP contribution in [0.5, 0.6) is 0 Å². The van der Waals surface area contributed by atoms with Crippen LogP contribution in [0.1, 0.15) is 22.2 Å². The van der Waals surface area contributed by atoms with E-state index in [0.29, 0.717) is 25.5 Å². The number of methoxy groups -OCH3 is 1. The lowest BCUT2D eigenvalue weighted by Crippen LogP contribution is -2.49. The standard InChI is InChI=1S/C16H19ClN4O4S.ClH/c1-20-7-6-19-15(20)14-10-18-5-8-21(14)26(23,24)11-3-4-12(13(17)9-11)16(22)25-2;/h3-4,6-7,9,14,18H,5,8,10H2,1-2H3;1H. The molecule has 0 radical (unpaired) electrons. The fraction of sp³-hybridized carbons (Fsp3) is 0.375. The van der Waals surface area contributed by atoms with Gasteiger partial charge in [0.15, 0.2) is 0 Å². The summed E-state index contributed by atoms with van der Waals surface area (Å²) in [5.41, 5.74) is 0.120. The quantitative estimate of drug-likeness (QED) is 0.734. The minimum atomic E-state index is -3.82. The Bertz CT molecular complexity index is 932. The SMILES string of the molecule is COC(=O)c1ccc(S(=O)(=O)N2CCNCC2c2nccn2C)cc1Cl.Cl. The van der Waals surface area contributed by atoms with Crippen LogP contribution >= 0.6 is 24.0 Å². The third kappa shape index (κ3) is 4.12. The monoisotopic (exact) mass is 434 g/mol. The zero-order valence-electron chi connectivity index (χ0n) is 14.8. The minimum absolute atomic E-state index is 0. The Kier molecular flexibility index (Phi) is 6.87. The van der Waals surface area contributed by atoms with Crippen LogP contribution in [0, 0.1) is 0 Å². The van der Waals surface area contributed by atoms with Gasteiger partial charge in [-0.3, -0.25) is 0 Å². The van der Waals surface area contributed by atoms with Crippen molar-refractivity contribution in [1.29, 1.82) is 0 Å². The smallest absolute Gasteiger partial charge is 0.339 e. The van der Waals surface area contributed by atoms with Gasteiger partial charge < -0.3 is 14.6 Å². The van der Waals surface area contributed by atoms with Crippen molar-refractivity contribution in [2.24, 2.45) is 7.05 Å². The number of hydrogen-bond acceptors (Lipinski definition) is 6. The van der Waals surface area contributed by atoms with Crippen molar-refractivity contribution in [2.45, 2.75) is 10.9 Å². The Morgan fingerprint density at radius 1 is 1.41 bits per heavy atom. The molecular formula is C16H20Cl2N4O4S. The Labute approximate surface area is 168 Å². The highest BCUT2D eigenvalue weighted by Crippen LogP contribution is 2.30. The molecular weight excluding hydrogens is 415 g/mol. The molecule has 1 aromatic heterocycles. The maximum atomic E-state index is 13.2. The number of halogens is 2. The molecule has 1 saturated heterocycles. The second-order valence-electron chi connectivity index (χ2n) is 5.87. The van der Waals surface area contributed by atoms with Gasteiger partial charge in [-0.05, 0) is 18.2 Å². The Morgan fingerprint density at radius 3 is 2.74 bits per heavy atom. The molecule has 3 rings (SSSR count). The number of hydrogen-bond donors (Lipinski definition) is 1. The third-order valence-corrected chi connectivity index (χ3v) is 6.52. The van der Waals surface area contributed by atoms with Crippen LogP contribution in [0.15, 0.2) is 35.5 Å². The first-order valence-electron chi connectivity index (χ1n) is 7.94. The third-order valence-electron chi connectivity index (χ3n) is 4.30. The highest BCUT2D eigenvalue weighted by molar-refractivity contribution is 7.89. The van der Waals surface area contributed by atoms with Crippen LogP contribution in [0.3, 0.4) is 0 Å².